The number of aromatic hydroxyl groups is 1. The van der Waals surface area contributed by atoms with Gasteiger partial charge in [-0.25, -0.2) is 0 Å². The molecule has 0 saturated carbocycles. The maximum atomic E-state index is 10.1. The SMILES string of the molecule is Cl.Cn1ncc(O)c1C=O. The van der Waals surface area contributed by atoms with Crippen molar-refractivity contribution >= 4 is 18.7 Å². The summed E-state index contributed by atoms with van der Waals surface area (Å²) in [7, 11) is 1.59. The van der Waals surface area contributed by atoms with E-state index in [4.69, 9.17) is 5.11 Å². The molecule has 0 bridgehead atoms. The van der Waals surface area contributed by atoms with Gasteiger partial charge in [0.2, 0.25) is 0 Å². The van der Waals surface area contributed by atoms with Crippen LogP contribution in [0.15, 0.2) is 6.20 Å². The highest BCUT2D eigenvalue weighted by atomic mass is 35.5. The largest absolute Gasteiger partial charge is 0.504 e. The molecular weight excluding hydrogens is 156 g/mol. The van der Waals surface area contributed by atoms with E-state index in [0.29, 0.717) is 6.29 Å². The van der Waals surface area contributed by atoms with Crippen molar-refractivity contribution < 1.29 is 9.90 Å². The van der Waals surface area contributed by atoms with Crippen LogP contribution in [-0.2, 0) is 7.05 Å². The fraction of sp³-hybridized carbons (Fsp3) is 0.200. The van der Waals surface area contributed by atoms with Gasteiger partial charge in [0.15, 0.2) is 12.0 Å². The number of rotatable bonds is 1. The predicted octanol–water partition coefficient (Wildman–Crippen LogP) is 0.360. The van der Waals surface area contributed by atoms with Gasteiger partial charge in [-0.2, -0.15) is 5.10 Å². The average Bonchev–Trinajstić information content (AvgIpc) is 2.12. The molecule has 0 aromatic carbocycles. The van der Waals surface area contributed by atoms with Crippen LogP contribution in [0.25, 0.3) is 0 Å². The molecule has 0 amide bonds. The molecule has 1 aromatic rings. The van der Waals surface area contributed by atoms with Crippen LogP contribution in [0, 0.1) is 0 Å². The first-order chi connectivity index (χ1) is 4.25. The Hall–Kier alpha value is -1.03. The topological polar surface area (TPSA) is 55.1 Å². The molecule has 0 aliphatic heterocycles. The third-order valence-electron chi connectivity index (χ3n) is 1.08. The summed E-state index contributed by atoms with van der Waals surface area (Å²) in [5.74, 6) is -0.0764. The van der Waals surface area contributed by atoms with Gasteiger partial charge in [0.25, 0.3) is 0 Å². The van der Waals surface area contributed by atoms with Crippen molar-refractivity contribution in [1.29, 1.82) is 0 Å². The van der Waals surface area contributed by atoms with Crippen LogP contribution in [0.3, 0.4) is 0 Å². The van der Waals surface area contributed by atoms with Crippen molar-refractivity contribution in [3.8, 4) is 5.75 Å². The van der Waals surface area contributed by atoms with E-state index in [1.54, 1.807) is 7.05 Å². The summed E-state index contributed by atoms with van der Waals surface area (Å²) in [5, 5.41) is 12.4. The number of nitrogens with zero attached hydrogens (tertiary/aromatic N) is 2. The zero-order chi connectivity index (χ0) is 6.85. The third-order valence-corrected chi connectivity index (χ3v) is 1.08. The number of halogens is 1. The average molecular weight is 163 g/mol. The highest BCUT2D eigenvalue weighted by Crippen LogP contribution is 2.10. The van der Waals surface area contributed by atoms with E-state index < -0.39 is 0 Å². The fourth-order valence-electron chi connectivity index (χ4n) is 0.572. The Labute approximate surface area is 63.9 Å². The van der Waals surface area contributed by atoms with E-state index in [0.717, 1.165) is 0 Å². The van der Waals surface area contributed by atoms with Gasteiger partial charge in [0.1, 0.15) is 5.69 Å². The Balaban J connectivity index is 0.000000810. The van der Waals surface area contributed by atoms with Crippen LogP contribution in [0.5, 0.6) is 5.75 Å². The van der Waals surface area contributed by atoms with Crippen molar-refractivity contribution in [2.75, 3.05) is 0 Å². The number of carbonyl (C=O) groups excluding carboxylic acids is 1. The minimum atomic E-state index is -0.0764. The van der Waals surface area contributed by atoms with E-state index in [1.807, 2.05) is 0 Å². The Morgan fingerprint density at radius 2 is 2.40 bits per heavy atom. The number of aldehydes is 1. The quantitative estimate of drug-likeness (QED) is 0.607. The Morgan fingerprint density at radius 3 is 2.60 bits per heavy atom. The molecule has 5 heteroatoms. The van der Waals surface area contributed by atoms with Crippen molar-refractivity contribution in [2.45, 2.75) is 0 Å². The maximum absolute atomic E-state index is 10.1. The van der Waals surface area contributed by atoms with E-state index >= 15 is 0 Å². The van der Waals surface area contributed by atoms with Crippen LogP contribution >= 0.6 is 12.4 Å². The van der Waals surface area contributed by atoms with Gasteiger partial charge in [-0.15, -0.1) is 12.4 Å². The van der Waals surface area contributed by atoms with Crippen molar-refractivity contribution in [3.63, 3.8) is 0 Å². The van der Waals surface area contributed by atoms with Gasteiger partial charge in [-0.3, -0.25) is 9.48 Å². The summed E-state index contributed by atoms with van der Waals surface area (Å²) in [6.07, 6.45) is 1.78. The second-order valence-corrected chi connectivity index (χ2v) is 1.66. The summed E-state index contributed by atoms with van der Waals surface area (Å²) >= 11 is 0. The van der Waals surface area contributed by atoms with Gasteiger partial charge < -0.3 is 5.11 Å². The molecule has 1 N–H and O–H groups in total. The molecule has 0 atom stereocenters. The van der Waals surface area contributed by atoms with Crippen LogP contribution in [0.4, 0.5) is 0 Å². The first kappa shape index (κ1) is 8.97. The Kier molecular flexibility index (Phi) is 2.89. The molecule has 0 unspecified atom stereocenters. The number of carbonyl (C=O) groups is 1. The monoisotopic (exact) mass is 162 g/mol. The standard InChI is InChI=1S/C5H6N2O2.ClH/c1-7-4(3-8)5(9)2-6-7;/h2-3,9H,1H3;1H. The molecule has 4 nitrogen and oxygen atoms in total. The molecule has 0 radical (unpaired) electrons. The lowest BCUT2D eigenvalue weighted by Gasteiger charge is -1.88. The van der Waals surface area contributed by atoms with Crippen LogP contribution in [-0.4, -0.2) is 21.2 Å². The number of aryl methyl sites for hydroxylation is 1. The highest BCUT2D eigenvalue weighted by molar-refractivity contribution is 5.85. The van der Waals surface area contributed by atoms with Gasteiger partial charge >= 0.3 is 0 Å². The van der Waals surface area contributed by atoms with Gasteiger partial charge in [-0.05, 0) is 0 Å². The van der Waals surface area contributed by atoms with Gasteiger partial charge in [0, 0.05) is 7.05 Å². The normalized spacial score (nSPS) is 8.50. The summed E-state index contributed by atoms with van der Waals surface area (Å²) in [5.41, 5.74) is 0.204. The molecule has 10 heavy (non-hydrogen) atoms. The van der Waals surface area contributed by atoms with E-state index in [2.05, 4.69) is 5.10 Å². The number of hydrogen-bond acceptors (Lipinski definition) is 3. The maximum Gasteiger partial charge on any atom is 0.171 e. The smallest absolute Gasteiger partial charge is 0.171 e. The lowest BCUT2D eigenvalue weighted by Crippen LogP contribution is -1.95. The molecule has 1 aromatic heterocycles. The molecule has 0 aliphatic rings. The Morgan fingerprint density at radius 1 is 1.80 bits per heavy atom. The summed E-state index contributed by atoms with van der Waals surface area (Å²) in [6, 6.07) is 0. The van der Waals surface area contributed by atoms with E-state index in [9.17, 15) is 4.79 Å². The minimum Gasteiger partial charge on any atom is -0.504 e. The minimum absolute atomic E-state index is 0. The number of hydrogen-bond donors (Lipinski definition) is 1. The molecule has 0 spiro atoms. The summed E-state index contributed by atoms with van der Waals surface area (Å²) in [6.45, 7) is 0. The Bertz CT molecular complexity index is 214. The molecule has 0 aliphatic carbocycles. The molecule has 0 fully saturated rings. The molecule has 0 saturated heterocycles. The van der Waals surface area contributed by atoms with E-state index in [1.165, 1.54) is 10.9 Å². The van der Waals surface area contributed by atoms with Crippen LogP contribution < -0.4 is 0 Å². The lowest BCUT2D eigenvalue weighted by molar-refractivity contribution is 0.111. The van der Waals surface area contributed by atoms with Crippen molar-refractivity contribution in [3.05, 3.63) is 11.9 Å². The third kappa shape index (κ3) is 1.27. The predicted molar refractivity (Wildman–Crippen MR) is 37.5 cm³/mol. The lowest BCUT2D eigenvalue weighted by atomic mass is 10.4. The second-order valence-electron chi connectivity index (χ2n) is 1.66. The van der Waals surface area contributed by atoms with Crippen molar-refractivity contribution in [1.82, 2.24) is 9.78 Å². The van der Waals surface area contributed by atoms with Crippen LogP contribution in [0.1, 0.15) is 10.5 Å². The van der Waals surface area contributed by atoms with E-state index in [-0.39, 0.29) is 23.9 Å². The van der Waals surface area contributed by atoms with Crippen molar-refractivity contribution in [2.24, 2.45) is 7.05 Å². The van der Waals surface area contributed by atoms with Gasteiger partial charge in [-0.1, -0.05) is 0 Å². The zero-order valence-corrected chi connectivity index (χ0v) is 6.13. The summed E-state index contributed by atoms with van der Waals surface area (Å²) < 4.78 is 1.31. The van der Waals surface area contributed by atoms with Crippen LogP contribution in [0.2, 0.25) is 0 Å². The highest BCUT2D eigenvalue weighted by Gasteiger charge is 2.02. The summed E-state index contributed by atoms with van der Waals surface area (Å²) in [4.78, 5) is 10.1. The fourth-order valence-corrected chi connectivity index (χ4v) is 0.572. The molecule has 56 valence electrons. The zero-order valence-electron chi connectivity index (χ0n) is 5.31. The second kappa shape index (κ2) is 3.22. The molecular formula is C5H7ClN2O2. The molecule has 1 heterocycles. The molecule has 1 rings (SSSR count). The number of aromatic nitrogens is 2. The van der Waals surface area contributed by atoms with Gasteiger partial charge in [0.05, 0.1) is 6.20 Å². The first-order valence-corrected chi connectivity index (χ1v) is 2.42. The first-order valence-electron chi connectivity index (χ1n) is 2.42.